The molecule has 0 bridgehead atoms. The van der Waals surface area contributed by atoms with Gasteiger partial charge in [-0.25, -0.2) is 9.69 Å². The first-order valence-corrected chi connectivity index (χ1v) is 18.8. The zero-order chi connectivity index (χ0) is 38.2. The number of fused-ring (bicyclic) bond motifs is 4. The first-order valence-electron chi connectivity index (χ1n) is 17.2. The fourth-order valence-corrected chi connectivity index (χ4v) is 10.2. The number of carbonyl (C=O) groups excluding carboxylic acids is 4. The Morgan fingerprint density at radius 1 is 0.870 bits per heavy atom. The molecule has 8 rings (SSSR count). The van der Waals surface area contributed by atoms with Crippen LogP contribution in [0, 0.1) is 23.7 Å². The Morgan fingerprint density at radius 2 is 1.56 bits per heavy atom. The summed E-state index contributed by atoms with van der Waals surface area (Å²) in [5, 5.41) is 31.0. The highest BCUT2D eigenvalue weighted by atomic mass is 79.9. The molecule has 1 saturated carbocycles. The SMILES string of the molecule is COc1cc([C@H]2C3=CC[C@@H]4C(=O)N(c5ccc(C(=O)O)c(O)c5)C(=O)[C@@H]4[C@@H]3C[C@H]3C(=O)C(c4ccccc4)=CC(=O)[C@@]23c2ccccc2)c(Br)c(Br)c1O. The van der Waals surface area contributed by atoms with Gasteiger partial charge in [-0.3, -0.25) is 19.2 Å². The number of aromatic carboxylic acids is 1. The van der Waals surface area contributed by atoms with Crippen molar-refractivity contribution in [3.05, 3.63) is 134 Å². The molecule has 4 aromatic carbocycles. The number of methoxy groups -OCH3 is 1. The minimum Gasteiger partial charge on any atom is -0.507 e. The molecule has 0 unspecified atom stereocenters. The van der Waals surface area contributed by atoms with Crippen LogP contribution in [0.1, 0.15) is 45.8 Å². The van der Waals surface area contributed by atoms with Crippen LogP contribution >= 0.6 is 31.9 Å². The Labute approximate surface area is 326 Å². The number of imide groups is 1. The number of anilines is 1. The number of allylic oxidation sites excluding steroid dienone is 4. The van der Waals surface area contributed by atoms with Crippen LogP contribution in [0.5, 0.6) is 17.2 Å². The van der Waals surface area contributed by atoms with Gasteiger partial charge in [0.2, 0.25) is 11.8 Å². The van der Waals surface area contributed by atoms with E-state index in [4.69, 9.17) is 4.74 Å². The number of benzene rings is 4. The van der Waals surface area contributed by atoms with Gasteiger partial charge in [-0.05, 0) is 91.6 Å². The molecule has 10 nitrogen and oxygen atoms in total. The standard InChI is InChI=1S/C42H31Br2NO9/c1-54-31-18-28(35(43)36(44)38(31)49)34-23-14-15-25-33(40(51)45(39(25)50)22-12-13-24(41(52)53)30(46)16-22)27(23)17-29-37(48)26(20-8-4-2-5-9-20)19-32(47)42(29,34)21-10-6-3-7-11-21/h2-14,16,18-19,25,27,29,33-34,46,49H,15,17H2,1H3,(H,52,53)/t25-,27+,29-,33-,34+,42-/m0/s1. The highest BCUT2D eigenvalue weighted by Gasteiger charge is 2.66. The molecule has 3 N–H and O–H groups in total. The maximum absolute atomic E-state index is 15.3. The lowest BCUT2D eigenvalue weighted by molar-refractivity contribution is -0.135. The highest BCUT2D eigenvalue weighted by Crippen LogP contribution is 2.65. The van der Waals surface area contributed by atoms with Gasteiger partial charge < -0.3 is 20.1 Å². The molecule has 1 saturated heterocycles. The zero-order valence-corrected chi connectivity index (χ0v) is 31.7. The number of phenols is 2. The van der Waals surface area contributed by atoms with E-state index >= 15 is 9.59 Å². The summed E-state index contributed by atoms with van der Waals surface area (Å²) in [6.45, 7) is 0. The summed E-state index contributed by atoms with van der Waals surface area (Å²) in [6, 6.07) is 23.2. The summed E-state index contributed by atoms with van der Waals surface area (Å²) in [5.41, 5.74) is 0.792. The van der Waals surface area contributed by atoms with E-state index in [0.717, 1.165) is 17.0 Å². The molecular weight excluding hydrogens is 822 g/mol. The van der Waals surface area contributed by atoms with E-state index in [2.05, 4.69) is 31.9 Å². The number of aromatic hydroxyl groups is 2. The van der Waals surface area contributed by atoms with Gasteiger partial charge in [0.1, 0.15) is 11.3 Å². The van der Waals surface area contributed by atoms with Crippen molar-refractivity contribution >= 4 is 72.5 Å². The van der Waals surface area contributed by atoms with Crippen molar-refractivity contribution in [1.29, 1.82) is 0 Å². The van der Waals surface area contributed by atoms with Crippen molar-refractivity contribution in [2.75, 3.05) is 12.0 Å². The summed E-state index contributed by atoms with van der Waals surface area (Å²) < 4.78 is 6.29. The molecule has 0 radical (unpaired) electrons. The van der Waals surface area contributed by atoms with Crippen molar-refractivity contribution in [2.45, 2.75) is 24.2 Å². The third kappa shape index (κ3) is 5.06. The van der Waals surface area contributed by atoms with Crippen molar-refractivity contribution < 1.29 is 44.0 Å². The lowest BCUT2D eigenvalue weighted by Crippen LogP contribution is -2.59. The van der Waals surface area contributed by atoms with E-state index in [1.165, 1.54) is 19.3 Å². The second-order valence-electron chi connectivity index (χ2n) is 14.0. The summed E-state index contributed by atoms with van der Waals surface area (Å²) >= 11 is 7.19. The molecule has 2 fully saturated rings. The molecular formula is C42H31Br2NO9. The lowest BCUT2D eigenvalue weighted by Gasteiger charge is -2.55. The molecule has 54 heavy (non-hydrogen) atoms. The van der Waals surface area contributed by atoms with Crippen LogP contribution < -0.4 is 9.64 Å². The fourth-order valence-electron chi connectivity index (χ4n) is 9.29. The van der Waals surface area contributed by atoms with E-state index in [1.54, 1.807) is 30.3 Å². The van der Waals surface area contributed by atoms with Crippen molar-refractivity contribution in [1.82, 2.24) is 0 Å². The van der Waals surface area contributed by atoms with Gasteiger partial charge >= 0.3 is 5.97 Å². The number of hydrogen-bond acceptors (Lipinski definition) is 8. The summed E-state index contributed by atoms with van der Waals surface area (Å²) in [5.74, 6) is -7.99. The van der Waals surface area contributed by atoms with Gasteiger partial charge in [-0.2, -0.15) is 0 Å². The Hall–Kier alpha value is -5.33. The predicted molar refractivity (Wildman–Crippen MR) is 204 cm³/mol. The normalized spacial score (nSPS) is 26.1. The van der Waals surface area contributed by atoms with Crippen LogP contribution in [-0.2, 0) is 24.6 Å². The summed E-state index contributed by atoms with van der Waals surface area (Å²) in [4.78, 5) is 71.8. The van der Waals surface area contributed by atoms with Crippen LogP contribution in [0.3, 0.4) is 0 Å². The van der Waals surface area contributed by atoms with Crippen LogP contribution in [0.25, 0.3) is 5.57 Å². The minimum atomic E-state index is -1.51. The third-order valence-electron chi connectivity index (χ3n) is 11.5. The van der Waals surface area contributed by atoms with Crippen molar-refractivity contribution in [3.8, 4) is 17.2 Å². The van der Waals surface area contributed by atoms with Crippen LogP contribution in [-0.4, -0.2) is 51.8 Å². The van der Waals surface area contributed by atoms with Crippen molar-refractivity contribution in [2.24, 2.45) is 23.7 Å². The van der Waals surface area contributed by atoms with E-state index in [9.17, 15) is 29.7 Å². The number of Topliss-reactive ketones (excluding diaryl/α,β-unsaturated/α-hetero) is 1. The Kier molecular flexibility index (Phi) is 8.73. The maximum Gasteiger partial charge on any atom is 0.339 e. The average molecular weight is 854 g/mol. The highest BCUT2D eigenvalue weighted by molar-refractivity contribution is 9.13. The molecule has 12 heteroatoms. The topological polar surface area (TPSA) is 159 Å². The molecule has 0 spiro atoms. The fraction of sp³-hybridized carbons (Fsp3) is 0.214. The molecule has 4 aliphatic rings. The lowest BCUT2D eigenvalue weighted by atomic mass is 9.44. The van der Waals surface area contributed by atoms with Gasteiger partial charge in [0.15, 0.2) is 23.1 Å². The maximum atomic E-state index is 15.3. The Morgan fingerprint density at radius 3 is 2.20 bits per heavy atom. The first kappa shape index (κ1) is 35.7. The second kappa shape index (κ2) is 13.2. The molecule has 4 aromatic rings. The predicted octanol–water partition coefficient (Wildman–Crippen LogP) is 7.36. The number of nitrogens with zero attached hydrogens (tertiary/aromatic N) is 1. The number of rotatable bonds is 6. The second-order valence-corrected chi connectivity index (χ2v) is 15.5. The largest absolute Gasteiger partial charge is 0.507 e. The number of hydrogen-bond donors (Lipinski definition) is 3. The number of amides is 2. The van der Waals surface area contributed by atoms with Gasteiger partial charge in [0.25, 0.3) is 0 Å². The van der Waals surface area contributed by atoms with E-state index in [1.807, 2.05) is 42.5 Å². The zero-order valence-electron chi connectivity index (χ0n) is 28.5. The van der Waals surface area contributed by atoms with Crippen LogP contribution in [0.15, 0.2) is 112 Å². The summed E-state index contributed by atoms with van der Waals surface area (Å²) in [7, 11) is 1.41. The minimum absolute atomic E-state index is 0.0302. The smallest absolute Gasteiger partial charge is 0.339 e. The van der Waals surface area contributed by atoms with E-state index in [0.29, 0.717) is 26.7 Å². The van der Waals surface area contributed by atoms with Gasteiger partial charge in [0.05, 0.1) is 34.5 Å². The van der Waals surface area contributed by atoms with Gasteiger partial charge in [-0.1, -0.05) is 72.3 Å². The van der Waals surface area contributed by atoms with Gasteiger partial charge in [0, 0.05) is 27.9 Å². The number of carboxylic acid groups (broad SMARTS) is 1. The molecule has 2 amide bonds. The number of ketones is 2. The Bertz CT molecular complexity index is 2370. The number of carboxylic acids is 1. The molecule has 6 atom stereocenters. The molecule has 272 valence electrons. The molecule has 0 aromatic heterocycles. The van der Waals surface area contributed by atoms with E-state index in [-0.39, 0.29) is 57.2 Å². The number of phenolic OH excluding ortho intramolecular Hbond substituents is 1. The number of halogens is 2. The summed E-state index contributed by atoms with van der Waals surface area (Å²) in [6.07, 6.45) is 3.55. The number of carbonyl (C=O) groups is 5. The molecule has 1 heterocycles. The third-order valence-corrected chi connectivity index (χ3v) is 13.7. The molecule has 1 aliphatic heterocycles. The first-order chi connectivity index (χ1) is 25.9. The van der Waals surface area contributed by atoms with Gasteiger partial charge in [-0.15, -0.1) is 0 Å². The van der Waals surface area contributed by atoms with Crippen LogP contribution in [0.2, 0.25) is 0 Å². The molecule has 3 aliphatic carbocycles. The Balaban J connectivity index is 1.37. The van der Waals surface area contributed by atoms with Crippen molar-refractivity contribution in [3.63, 3.8) is 0 Å². The monoisotopic (exact) mass is 851 g/mol. The quantitative estimate of drug-likeness (QED) is 0.133. The van der Waals surface area contributed by atoms with E-state index < -0.39 is 58.5 Å². The number of ether oxygens (including phenoxy) is 1. The van der Waals surface area contributed by atoms with Crippen LogP contribution in [0.4, 0.5) is 5.69 Å². The average Bonchev–Trinajstić information content (AvgIpc) is 3.44.